The monoisotopic (exact) mass is 405 g/mol. The van der Waals surface area contributed by atoms with Gasteiger partial charge in [-0.3, -0.25) is 4.79 Å². The van der Waals surface area contributed by atoms with Crippen LogP contribution in [0.4, 0.5) is 0 Å². The quantitative estimate of drug-likeness (QED) is 0.765. The van der Waals surface area contributed by atoms with Crippen LogP contribution in [0.25, 0.3) is 10.8 Å². The Kier molecular flexibility index (Phi) is 5.60. The van der Waals surface area contributed by atoms with Gasteiger partial charge in [-0.2, -0.15) is 0 Å². The van der Waals surface area contributed by atoms with Gasteiger partial charge < -0.3 is 14.7 Å². The number of phenols is 1. The van der Waals surface area contributed by atoms with E-state index in [0.29, 0.717) is 18.4 Å². The summed E-state index contributed by atoms with van der Waals surface area (Å²) in [7, 11) is -3.14. The molecule has 2 aromatic rings. The van der Waals surface area contributed by atoms with Crippen molar-refractivity contribution in [1.29, 1.82) is 0 Å². The number of amides is 1. The van der Waals surface area contributed by atoms with E-state index in [0.717, 1.165) is 5.39 Å². The van der Waals surface area contributed by atoms with Crippen LogP contribution in [0.5, 0.6) is 5.75 Å². The molecule has 0 spiro atoms. The second kappa shape index (κ2) is 7.79. The Morgan fingerprint density at radius 1 is 1.25 bits per heavy atom. The molecule has 1 fully saturated rings. The minimum atomic E-state index is -3.14. The molecule has 2 atom stereocenters. The van der Waals surface area contributed by atoms with Crippen LogP contribution < -0.4 is 0 Å². The number of nitrogens with zero attached hydrogens (tertiary/aromatic N) is 1. The van der Waals surface area contributed by atoms with Gasteiger partial charge in [0.15, 0.2) is 15.9 Å². The topological polar surface area (TPSA) is 101 Å². The molecular weight excluding hydrogens is 382 g/mol. The molecule has 8 heteroatoms. The molecule has 1 heterocycles. The number of hydrogen-bond acceptors (Lipinski definition) is 6. The lowest BCUT2D eigenvalue weighted by Crippen LogP contribution is -2.46. The number of ether oxygens (including phenoxy) is 1. The standard InChI is InChI=1S/C20H23NO6S/c1-3-21(15-10-11-28(25,26)12-15)19(23)13(2)27-20(24)17-9-8-14-6-4-5-7-16(14)18(17)22/h4-9,13,15,22H,3,10-12H2,1-2H3/t13-,15+/m0/s1. The lowest BCUT2D eigenvalue weighted by Gasteiger charge is -2.29. The summed E-state index contributed by atoms with van der Waals surface area (Å²) in [6, 6.07) is 9.82. The first kappa shape index (κ1) is 20.1. The third-order valence-corrected chi connectivity index (χ3v) is 6.78. The van der Waals surface area contributed by atoms with Gasteiger partial charge in [-0.1, -0.05) is 30.3 Å². The molecule has 0 aromatic heterocycles. The third-order valence-electron chi connectivity index (χ3n) is 5.03. The second-order valence-corrected chi connectivity index (χ2v) is 9.14. The Balaban J connectivity index is 1.74. The van der Waals surface area contributed by atoms with E-state index < -0.39 is 33.9 Å². The number of phenolic OH excluding ortho intramolecular Hbond substituents is 1. The maximum absolute atomic E-state index is 12.7. The van der Waals surface area contributed by atoms with Crippen molar-refractivity contribution >= 4 is 32.5 Å². The SMILES string of the molecule is CCN(C(=O)[C@H](C)OC(=O)c1ccc2ccccc2c1O)[C@@H]1CCS(=O)(=O)C1. The smallest absolute Gasteiger partial charge is 0.342 e. The van der Waals surface area contributed by atoms with E-state index in [2.05, 4.69) is 0 Å². The molecule has 0 radical (unpaired) electrons. The zero-order chi connectivity index (χ0) is 20.5. The van der Waals surface area contributed by atoms with Crippen molar-refractivity contribution in [2.24, 2.45) is 0 Å². The number of likely N-dealkylation sites (N-methyl/N-ethyl adjacent to an activating group) is 1. The highest BCUT2D eigenvalue weighted by atomic mass is 32.2. The molecule has 3 rings (SSSR count). The summed E-state index contributed by atoms with van der Waals surface area (Å²) >= 11 is 0. The zero-order valence-corrected chi connectivity index (χ0v) is 16.6. The second-order valence-electron chi connectivity index (χ2n) is 6.91. The summed E-state index contributed by atoms with van der Waals surface area (Å²) in [5.74, 6) is -1.46. The molecule has 1 aliphatic heterocycles. The predicted octanol–water partition coefficient (Wildman–Crippen LogP) is 2.13. The summed E-state index contributed by atoms with van der Waals surface area (Å²) in [6.45, 7) is 3.53. The van der Waals surface area contributed by atoms with Crippen molar-refractivity contribution in [2.75, 3.05) is 18.1 Å². The molecule has 1 aliphatic rings. The number of rotatable bonds is 5. The van der Waals surface area contributed by atoms with Gasteiger partial charge >= 0.3 is 5.97 Å². The lowest BCUT2D eigenvalue weighted by molar-refractivity contribution is -0.141. The first-order valence-corrected chi connectivity index (χ1v) is 11.0. The van der Waals surface area contributed by atoms with Gasteiger partial charge in [0, 0.05) is 18.0 Å². The van der Waals surface area contributed by atoms with Crippen LogP contribution >= 0.6 is 0 Å². The van der Waals surface area contributed by atoms with Gasteiger partial charge in [0.05, 0.1) is 11.5 Å². The number of aromatic hydroxyl groups is 1. The number of carbonyl (C=O) groups is 2. The Bertz CT molecular complexity index is 1020. The number of benzene rings is 2. The van der Waals surface area contributed by atoms with Gasteiger partial charge in [0.25, 0.3) is 5.91 Å². The van der Waals surface area contributed by atoms with Crippen LogP contribution in [0.3, 0.4) is 0 Å². The van der Waals surface area contributed by atoms with E-state index in [1.54, 1.807) is 25.1 Å². The Labute approximate surface area is 163 Å². The van der Waals surface area contributed by atoms with Crippen LogP contribution in [-0.2, 0) is 19.4 Å². The fourth-order valence-corrected chi connectivity index (χ4v) is 5.27. The molecule has 2 aromatic carbocycles. The normalized spacial score (nSPS) is 19.3. The van der Waals surface area contributed by atoms with Gasteiger partial charge in [0.2, 0.25) is 0 Å². The number of carbonyl (C=O) groups excluding carboxylic acids is 2. The first-order chi connectivity index (χ1) is 13.2. The molecule has 1 saturated heterocycles. The Morgan fingerprint density at radius 2 is 1.96 bits per heavy atom. The zero-order valence-electron chi connectivity index (χ0n) is 15.8. The average molecular weight is 405 g/mol. The maximum atomic E-state index is 12.7. The Morgan fingerprint density at radius 3 is 2.61 bits per heavy atom. The summed E-state index contributed by atoms with van der Waals surface area (Å²) in [4.78, 5) is 26.7. The van der Waals surface area contributed by atoms with Gasteiger partial charge in [-0.15, -0.1) is 0 Å². The number of sulfone groups is 1. The molecule has 7 nitrogen and oxygen atoms in total. The molecular formula is C20H23NO6S. The van der Waals surface area contributed by atoms with Crippen LogP contribution in [0, 0.1) is 0 Å². The third kappa shape index (κ3) is 3.96. The van der Waals surface area contributed by atoms with Crippen LogP contribution in [0.1, 0.15) is 30.6 Å². The minimum Gasteiger partial charge on any atom is -0.506 e. The van der Waals surface area contributed by atoms with Crippen molar-refractivity contribution < 1.29 is 27.9 Å². The first-order valence-electron chi connectivity index (χ1n) is 9.16. The molecule has 1 N–H and O–H groups in total. The van der Waals surface area contributed by atoms with Crippen LogP contribution in [-0.4, -0.2) is 60.5 Å². The van der Waals surface area contributed by atoms with Crippen LogP contribution in [0.2, 0.25) is 0 Å². The van der Waals surface area contributed by atoms with Gasteiger partial charge in [-0.25, -0.2) is 13.2 Å². The van der Waals surface area contributed by atoms with Crippen molar-refractivity contribution in [3.8, 4) is 5.75 Å². The van der Waals surface area contributed by atoms with Gasteiger partial charge in [-0.05, 0) is 31.7 Å². The van der Waals surface area contributed by atoms with Crippen LogP contribution in [0.15, 0.2) is 36.4 Å². The number of hydrogen-bond donors (Lipinski definition) is 1. The molecule has 0 unspecified atom stereocenters. The largest absolute Gasteiger partial charge is 0.506 e. The molecule has 0 aliphatic carbocycles. The van der Waals surface area contributed by atoms with Gasteiger partial charge in [0.1, 0.15) is 11.3 Å². The van der Waals surface area contributed by atoms with E-state index in [-0.39, 0.29) is 22.8 Å². The molecule has 0 saturated carbocycles. The predicted molar refractivity (Wildman–Crippen MR) is 105 cm³/mol. The fraction of sp³-hybridized carbons (Fsp3) is 0.400. The highest BCUT2D eigenvalue weighted by molar-refractivity contribution is 7.91. The highest BCUT2D eigenvalue weighted by Crippen LogP contribution is 2.29. The van der Waals surface area contributed by atoms with Crippen molar-refractivity contribution in [1.82, 2.24) is 4.90 Å². The average Bonchev–Trinajstić information content (AvgIpc) is 3.02. The summed E-state index contributed by atoms with van der Waals surface area (Å²) in [6.07, 6.45) is -0.713. The molecule has 150 valence electrons. The number of esters is 1. The number of fused-ring (bicyclic) bond motifs is 1. The highest BCUT2D eigenvalue weighted by Gasteiger charge is 2.36. The van der Waals surface area contributed by atoms with E-state index >= 15 is 0 Å². The lowest BCUT2D eigenvalue weighted by atomic mass is 10.1. The minimum absolute atomic E-state index is 0.0233. The summed E-state index contributed by atoms with van der Waals surface area (Å²) in [5.41, 5.74) is -0.0233. The molecule has 28 heavy (non-hydrogen) atoms. The summed E-state index contributed by atoms with van der Waals surface area (Å²) in [5, 5.41) is 11.7. The van der Waals surface area contributed by atoms with E-state index in [4.69, 9.17) is 4.74 Å². The Hall–Kier alpha value is -2.61. The van der Waals surface area contributed by atoms with Crippen molar-refractivity contribution in [3.63, 3.8) is 0 Å². The molecule has 0 bridgehead atoms. The molecule has 1 amide bonds. The van der Waals surface area contributed by atoms with Crippen molar-refractivity contribution in [2.45, 2.75) is 32.4 Å². The maximum Gasteiger partial charge on any atom is 0.342 e. The van der Waals surface area contributed by atoms with Crippen molar-refractivity contribution in [3.05, 3.63) is 42.0 Å². The van der Waals surface area contributed by atoms with E-state index in [9.17, 15) is 23.1 Å². The van der Waals surface area contributed by atoms with E-state index in [1.165, 1.54) is 17.9 Å². The summed E-state index contributed by atoms with van der Waals surface area (Å²) < 4.78 is 28.7. The van der Waals surface area contributed by atoms with E-state index in [1.807, 2.05) is 12.1 Å². The fourth-order valence-electron chi connectivity index (χ4n) is 3.54.